The average molecular weight is 433 g/mol. The van der Waals surface area contributed by atoms with Crippen LogP contribution in [-0.2, 0) is 24.0 Å². The fourth-order valence-electron chi connectivity index (χ4n) is 2.07. The third-order valence-electron chi connectivity index (χ3n) is 3.59. The lowest BCUT2D eigenvalue weighted by Crippen LogP contribution is -2.54. The Bertz CT molecular complexity index is 657. The van der Waals surface area contributed by atoms with E-state index in [1.165, 1.54) is 0 Å². The lowest BCUT2D eigenvalue weighted by atomic mass is 10.1. The van der Waals surface area contributed by atoms with E-state index in [2.05, 4.69) is 16.0 Å². The van der Waals surface area contributed by atoms with Crippen LogP contribution in [-0.4, -0.2) is 88.8 Å². The van der Waals surface area contributed by atoms with Crippen LogP contribution in [0.5, 0.6) is 0 Å². The van der Waals surface area contributed by atoms with Crippen molar-refractivity contribution in [1.82, 2.24) is 21.3 Å². The molecule has 0 bridgehead atoms. The predicted octanol–water partition coefficient (Wildman–Crippen LogP) is -4.79. The van der Waals surface area contributed by atoms with Crippen molar-refractivity contribution >= 4 is 35.6 Å². The van der Waals surface area contributed by atoms with Gasteiger partial charge in [0.25, 0.3) is 0 Å². The molecule has 15 nitrogen and oxygen atoms in total. The van der Waals surface area contributed by atoms with Gasteiger partial charge in [-0.3, -0.25) is 24.6 Å². The fourth-order valence-corrected chi connectivity index (χ4v) is 2.07. The van der Waals surface area contributed by atoms with Crippen molar-refractivity contribution in [3.8, 4) is 0 Å². The van der Waals surface area contributed by atoms with Crippen molar-refractivity contribution in [2.45, 2.75) is 37.4 Å². The van der Waals surface area contributed by atoms with Crippen molar-refractivity contribution in [3.05, 3.63) is 0 Å². The molecular weight excluding hydrogens is 406 g/mol. The number of hydrogen-bond acceptors (Lipinski definition) is 8. The van der Waals surface area contributed by atoms with Gasteiger partial charge in [0.1, 0.15) is 18.1 Å². The maximum absolute atomic E-state index is 12.1. The number of carboxylic acid groups (broad SMARTS) is 2. The van der Waals surface area contributed by atoms with Gasteiger partial charge in [0.05, 0.1) is 19.6 Å². The number of aliphatic hydroxyl groups excluding tert-OH is 1. The molecule has 0 rings (SSSR count). The number of carboxylic acids is 2. The van der Waals surface area contributed by atoms with E-state index in [4.69, 9.17) is 32.2 Å². The third kappa shape index (κ3) is 11.4. The Morgan fingerprint density at radius 2 is 1.60 bits per heavy atom. The Balaban J connectivity index is 4.70. The van der Waals surface area contributed by atoms with Gasteiger partial charge in [-0.05, 0) is 12.8 Å². The molecule has 0 radical (unpaired) electrons. The van der Waals surface area contributed by atoms with Crippen LogP contribution in [0, 0.1) is 5.41 Å². The minimum atomic E-state index is -1.56. The van der Waals surface area contributed by atoms with Crippen molar-refractivity contribution < 1.29 is 39.3 Å². The Kier molecular flexibility index (Phi) is 12.1. The van der Waals surface area contributed by atoms with Gasteiger partial charge in [-0.15, -0.1) is 0 Å². The van der Waals surface area contributed by atoms with Gasteiger partial charge in [-0.2, -0.15) is 0 Å². The fraction of sp³-hybridized carbons (Fsp3) is 0.600. The number of guanidine groups is 1. The topological polar surface area (TPSA) is 270 Å². The Morgan fingerprint density at radius 3 is 2.10 bits per heavy atom. The molecule has 170 valence electrons. The van der Waals surface area contributed by atoms with Crippen LogP contribution in [0.15, 0.2) is 0 Å². The summed E-state index contributed by atoms with van der Waals surface area (Å²) in [5.41, 5.74) is 10.4. The number of aliphatic hydroxyl groups is 1. The van der Waals surface area contributed by atoms with Crippen LogP contribution in [0.4, 0.5) is 0 Å². The van der Waals surface area contributed by atoms with Crippen molar-refractivity contribution in [2.24, 2.45) is 11.5 Å². The molecule has 0 aromatic rings. The smallest absolute Gasteiger partial charge is 0.326 e. The molecule has 30 heavy (non-hydrogen) atoms. The van der Waals surface area contributed by atoms with E-state index in [-0.39, 0.29) is 25.3 Å². The zero-order valence-corrected chi connectivity index (χ0v) is 16.0. The third-order valence-corrected chi connectivity index (χ3v) is 3.59. The molecule has 3 atom stereocenters. The number of aliphatic carboxylic acids is 2. The van der Waals surface area contributed by atoms with E-state index in [9.17, 15) is 24.0 Å². The van der Waals surface area contributed by atoms with Crippen LogP contribution >= 0.6 is 0 Å². The first-order valence-corrected chi connectivity index (χ1v) is 8.74. The normalized spacial score (nSPS) is 13.3. The number of carbonyl (C=O) groups is 5. The van der Waals surface area contributed by atoms with Crippen molar-refractivity contribution in [1.29, 1.82) is 5.41 Å². The second-order valence-corrected chi connectivity index (χ2v) is 6.11. The summed E-state index contributed by atoms with van der Waals surface area (Å²) in [4.78, 5) is 57.7. The second kappa shape index (κ2) is 13.7. The van der Waals surface area contributed by atoms with Crippen molar-refractivity contribution in [3.63, 3.8) is 0 Å². The van der Waals surface area contributed by atoms with Crippen LogP contribution in [0.1, 0.15) is 19.3 Å². The molecule has 0 saturated carbocycles. The van der Waals surface area contributed by atoms with Gasteiger partial charge in [-0.25, -0.2) is 4.79 Å². The monoisotopic (exact) mass is 433 g/mol. The van der Waals surface area contributed by atoms with E-state index in [0.29, 0.717) is 0 Å². The SMILES string of the molecule is N=C(N)NCCC[C@H](NC(=O)CNC(=O)[C@H](CC(=O)O)NC(=O)[C@@H](N)CO)C(=O)O. The summed E-state index contributed by atoms with van der Waals surface area (Å²) in [6.45, 7) is -1.18. The summed E-state index contributed by atoms with van der Waals surface area (Å²) in [5, 5.41) is 42.6. The average Bonchev–Trinajstić information content (AvgIpc) is 2.66. The first-order chi connectivity index (χ1) is 14.0. The van der Waals surface area contributed by atoms with E-state index in [1.807, 2.05) is 5.32 Å². The predicted molar refractivity (Wildman–Crippen MR) is 101 cm³/mol. The second-order valence-electron chi connectivity index (χ2n) is 6.11. The van der Waals surface area contributed by atoms with Crippen LogP contribution in [0.2, 0.25) is 0 Å². The molecule has 0 aromatic heterocycles. The Labute approximate surface area is 171 Å². The number of hydrogen-bond donors (Lipinski definition) is 10. The van der Waals surface area contributed by atoms with Gasteiger partial charge in [0.15, 0.2) is 5.96 Å². The molecule has 0 aliphatic heterocycles. The number of nitrogens with one attached hydrogen (secondary N) is 5. The highest BCUT2D eigenvalue weighted by Gasteiger charge is 2.26. The van der Waals surface area contributed by atoms with E-state index < -0.39 is 67.4 Å². The molecule has 3 amide bonds. The van der Waals surface area contributed by atoms with E-state index in [0.717, 1.165) is 0 Å². The molecule has 0 heterocycles. The zero-order chi connectivity index (χ0) is 23.3. The molecule has 0 saturated heterocycles. The Morgan fingerprint density at radius 1 is 0.967 bits per heavy atom. The van der Waals surface area contributed by atoms with E-state index >= 15 is 0 Å². The van der Waals surface area contributed by atoms with Crippen molar-refractivity contribution in [2.75, 3.05) is 19.7 Å². The zero-order valence-electron chi connectivity index (χ0n) is 16.0. The summed E-state index contributed by atoms with van der Waals surface area (Å²) in [5.74, 6) is -5.84. The molecule has 12 N–H and O–H groups in total. The number of nitrogens with two attached hydrogens (primary N) is 2. The van der Waals surface area contributed by atoms with Gasteiger partial charge in [-0.1, -0.05) is 0 Å². The highest BCUT2D eigenvalue weighted by Crippen LogP contribution is 1.98. The maximum atomic E-state index is 12.1. The molecule has 0 aliphatic rings. The van der Waals surface area contributed by atoms with Gasteiger partial charge >= 0.3 is 11.9 Å². The van der Waals surface area contributed by atoms with Gasteiger partial charge < -0.3 is 48.1 Å². The Hall–Kier alpha value is -3.46. The highest BCUT2D eigenvalue weighted by atomic mass is 16.4. The molecular formula is C15H27N7O8. The summed E-state index contributed by atoms with van der Waals surface area (Å²) in [7, 11) is 0. The molecule has 0 aromatic carbocycles. The van der Waals surface area contributed by atoms with Crippen LogP contribution in [0.25, 0.3) is 0 Å². The number of carbonyl (C=O) groups excluding carboxylic acids is 3. The lowest BCUT2D eigenvalue weighted by Gasteiger charge is -2.19. The molecule has 0 fully saturated rings. The quantitative estimate of drug-likeness (QED) is 0.0705. The van der Waals surface area contributed by atoms with Gasteiger partial charge in [0, 0.05) is 6.54 Å². The highest BCUT2D eigenvalue weighted by molar-refractivity contribution is 5.94. The number of amides is 3. The van der Waals surface area contributed by atoms with Gasteiger partial charge in [0.2, 0.25) is 17.7 Å². The largest absolute Gasteiger partial charge is 0.481 e. The summed E-state index contributed by atoms with van der Waals surface area (Å²) in [6, 6.07) is -4.19. The first kappa shape index (κ1) is 26.5. The summed E-state index contributed by atoms with van der Waals surface area (Å²) < 4.78 is 0. The standard InChI is InChI=1S/C15H27N7O8/c16-7(6-23)12(27)22-9(4-11(25)26)13(28)20-5-10(24)21-8(14(29)30)2-1-3-19-15(17)18/h7-9,23H,1-6,16H2,(H,20,28)(H,21,24)(H,22,27)(H,25,26)(H,29,30)(H4,17,18,19)/t7-,8-,9-/m0/s1. The first-order valence-electron chi connectivity index (χ1n) is 8.74. The van der Waals surface area contributed by atoms with E-state index in [1.54, 1.807) is 0 Å². The molecule has 15 heteroatoms. The van der Waals surface area contributed by atoms with Crippen LogP contribution < -0.4 is 32.7 Å². The molecule has 0 spiro atoms. The lowest BCUT2D eigenvalue weighted by molar-refractivity contribution is -0.142. The molecule has 0 unspecified atom stereocenters. The summed E-state index contributed by atoms with van der Waals surface area (Å²) >= 11 is 0. The maximum Gasteiger partial charge on any atom is 0.326 e. The summed E-state index contributed by atoms with van der Waals surface area (Å²) in [6.07, 6.45) is -0.509. The minimum absolute atomic E-state index is 0.0199. The minimum Gasteiger partial charge on any atom is -0.481 e. The molecule has 0 aliphatic carbocycles. The number of rotatable bonds is 14. The van der Waals surface area contributed by atoms with Crippen LogP contribution in [0.3, 0.4) is 0 Å².